The van der Waals surface area contributed by atoms with E-state index in [1.54, 1.807) is 6.21 Å². The van der Waals surface area contributed by atoms with E-state index in [1.165, 1.54) is 0 Å². The molecule has 31 heavy (non-hydrogen) atoms. The van der Waals surface area contributed by atoms with E-state index in [0.717, 1.165) is 27.6 Å². The molecule has 1 amide bonds. The second-order valence-corrected chi connectivity index (χ2v) is 6.99. The van der Waals surface area contributed by atoms with Gasteiger partial charge in [0.25, 0.3) is 5.91 Å². The molecule has 0 aliphatic carbocycles. The SMILES string of the molecule is O=C(CNc1cccc2ccccc12)N/N=C\c1ccccc1OCc1ccccc1. The van der Waals surface area contributed by atoms with Crippen LogP contribution in [-0.2, 0) is 11.4 Å². The highest BCUT2D eigenvalue weighted by molar-refractivity contribution is 5.95. The maximum Gasteiger partial charge on any atom is 0.259 e. The number of hydrogen-bond acceptors (Lipinski definition) is 4. The minimum atomic E-state index is -0.230. The average molecular weight is 409 g/mol. The highest BCUT2D eigenvalue weighted by Crippen LogP contribution is 2.22. The zero-order valence-electron chi connectivity index (χ0n) is 17.0. The van der Waals surface area contributed by atoms with Crippen LogP contribution in [-0.4, -0.2) is 18.7 Å². The first-order valence-corrected chi connectivity index (χ1v) is 10.1. The molecule has 0 aromatic heterocycles. The summed E-state index contributed by atoms with van der Waals surface area (Å²) in [6, 6.07) is 31.6. The summed E-state index contributed by atoms with van der Waals surface area (Å²) in [6.45, 7) is 0.588. The topological polar surface area (TPSA) is 62.7 Å². The lowest BCUT2D eigenvalue weighted by Crippen LogP contribution is -2.25. The fourth-order valence-corrected chi connectivity index (χ4v) is 3.22. The number of carbonyl (C=O) groups is 1. The van der Waals surface area contributed by atoms with E-state index in [2.05, 4.69) is 15.8 Å². The van der Waals surface area contributed by atoms with E-state index in [4.69, 9.17) is 4.74 Å². The van der Waals surface area contributed by atoms with Crippen LogP contribution in [0.1, 0.15) is 11.1 Å². The van der Waals surface area contributed by atoms with E-state index in [9.17, 15) is 4.79 Å². The van der Waals surface area contributed by atoms with Crippen LogP contribution in [0.3, 0.4) is 0 Å². The Labute approximate surface area is 181 Å². The van der Waals surface area contributed by atoms with Crippen LogP contribution in [0.15, 0.2) is 102 Å². The summed E-state index contributed by atoms with van der Waals surface area (Å²) in [6.07, 6.45) is 1.59. The van der Waals surface area contributed by atoms with Crippen LogP contribution in [0.25, 0.3) is 10.8 Å². The molecule has 5 nitrogen and oxygen atoms in total. The number of para-hydroxylation sites is 1. The van der Waals surface area contributed by atoms with Gasteiger partial charge in [-0.15, -0.1) is 0 Å². The second kappa shape index (κ2) is 10.1. The van der Waals surface area contributed by atoms with Crippen molar-refractivity contribution in [1.29, 1.82) is 0 Å². The van der Waals surface area contributed by atoms with E-state index in [-0.39, 0.29) is 12.5 Å². The Morgan fingerprint density at radius 3 is 2.48 bits per heavy atom. The van der Waals surface area contributed by atoms with Crippen molar-refractivity contribution in [1.82, 2.24) is 5.43 Å². The molecular weight excluding hydrogens is 386 g/mol. The lowest BCUT2D eigenvalue weighted by Gasteiger charge is -2.09. The van der Waals surface area contributed by atoms with Crippen molar-refractivity contribution >= 4 is 28.6 Å². The molecule has 0 saturated carbocycles. The van der Waals surface area contributed by atoms with Gasteiger partial charge in [-0.25, -0.2) is 5.43 Å². The van der Waals surface area contributed by atoms with Crippen molar-refractivity contribution < 1.29 is 9.53 Å². The monoisotopic (exact) mass is 409 g/mol. The predicted octanol–water partition coefficient (Wildman–Crippen LogP) is 4.98. The third-order valence-electron chi connectivity index (χ3n) is 4.78. The zero-order valence-corrected chi connectivity index (χ0v) is 17.0. The van der Waals surface area contributed by atoms with E-state index < -0.39 is 0 Å². The zero-order chi connectivity index (χ0) is 21.3. The molecule has 0 saturated heterocycles. The van der Waals surface area contributed by atoms with Gasteiger partial charge in [-0.3, -0.25) is 4.79 Å². The number of rotatable bonds is 8. The Balaban J connectivity index is 1.32. The minimum absolute atomic E-state index is 0.123. The molecule has 2 N–H and O–H groups in total. The number of benzene rings is 4. The summed E-state index contributed by atoms with van der Waals surface area (Å²) in [7, 11) is 0. The van der Waals surface area contributed by atoms with Crippen LogP contribution < -0.4 is 15.5 Å². The molecule has 0 radical (unpaired) electrons. The standard InChI is InChI=1S/C26H23N3O2/c30-26(18-27-24-15-8-13-21-11-4-6-14-23(21)24)29-28-17-22-12-5-7-16-25(22)31-19-20-9-2-1-3-10-20/h1-17,27H,18-19H2,(H,29,30)/b28-17-. The van der Waals surface area contributed by atoms with Crippen molar-refractivity contribution in [3.63, 3.8) is 0 Å². The Morgan fingerprint density at radius 2 is 1.58 bits per heavy atom. The fourth-order valence-electron chi connectivity index (χ4n) is 3.22. The van der Waals surface area contributed by atoms with Crippen molar-refractivity contribution in [2.45, 2.75) is 6.61 Å². The maximum absolute atomic E-state index is 12.2. The number of nitrogens with one attached hydrogen (secondary N) is 2. The first-order valence-electron chi connectivity index (χ1n) is 10.1. The smallest absolute Gasteiger partial charge is 0.259 e. The molecule has 0 atom stereocenters. The van der Waals surface area contributed by atoms with Crippen molar-refractivity contribution in [2.24, 2.45) is 5.10 Å². The molecule has 4 aromatic carbocycles. The Bertz CT molecular complexity index is 1180. The number of ether oxygens (including phenoxy) is 1. The third kappa shape index (κ3) is 5.48. The predicted molar refractivity (Wildman–Crippen MR) is 125 cm³/mol. The van der Waals surface area contributed by atoms with Crippen molar-refractivity contribution in [3.05, 3.63) is 108 Å². The van der Waals surface area contributed by atoms with Gasteiger partial charge < -0.3 is 10.1 Å². The van der Waals surface area contributed by atoms with Gasteiger partial charge in [-0.1, -0.05) is 78.9 Å². The first kappa shape index (κ1) is 20.2. The summed E-state index contributed by atoms with van der Waals surface area (Å²) in [4.78, 5) is 12.2. The van der Waals surface area contributed by atoms with Gasteiger partial charge in [-0.2, -0.15) is 5.10 Å². The van der Waals surface area contributed by atoms with E-state index in [1.807, 2.05) is 97.1 Å². The molecule has 4 aromatic rings. The number of nitrogens with zero attached hydrogens (tertiary/aromatic N) is 1. The number of hydrogen-bond donors (Lipinski definition) is 2. The molecule has 0 unspecified atom stereocenters. The molecule has 4 rings (SSSR count). The third-order valence-corrected chi connectivity index (χ3v) is 4.78. The Hall–Kier alpha value is -4.12. The summed E-state index contributed by atoms with van der Waals surface area (Å²) < 4.78 is 5.91. The van der Waals surface area contributed by atoms with Crippen molar-refractivity contribution in [2.75, 3.05) is 11.9 Å². The van der Waals surface area contributed by atoms with Gasteiger partial charge in [0.15, 0.2) is 0 Å². The van der Waals surface area contributed by atoms with Gasteiger partial charge in [0.1, 0.15) is 12.4 Å². The van der Waals surface area contributed by atoms with Gasteiger partial charge in [0.05, 0.1) is 12.8 Å². The average Bonchev–Trinajstić information content (AvgIpc) is 2.83. The number of carbonyl (C=O) groups excluding carboxylic acids is 1. The number of hydrazone groups is 1. The number of amides is 1. The molecule has 0 heterocycles. The van der Waals surface area contributed by atoms with Gasteiger partial charge in [-0.05, 0) is 29.1 Å². The molecule has 0 bridgehead atoms. The minimum Gasteiger partial charge on any atom is -0.488 e. The molecule has 154 valence electrons. The first-order chi connectivity index (χ1) is 15.3. The fraction of sp³-hybridized carbons (Fsp3) is 0.0769. The van der Waals surface area contributed by atoms with E-state index in [0.29, 0.717) is 12.4 Å². The largest absolute Gasteiger partial charge is 0.488 e. The molecular formula is C26H23N3O2. The molecule has 0 aliphatic rings. The van der Waals surface area contributed by atoms with Crippen LogP contribution in [0.2, 0.25) is 0 Å². The van der Waals surface area contributed by atoms with Crippen LogP contribution in [0.5, 0.6) is 5.75 Å². The summed E-state index contributed by atoms with van der Waals surface area (Å²) in [5.74, 6) is 0.477. The normalized spacial score (nSPS) is 10.8. The van der Waals surface area contributed by atoms with Crippen molar-refractivity contribution in [3.8, 4) is 5.75 Å². The lowest BCUT2D eigenvalue weighted by molar-refractivity contribution is -0.119. The van der Waals surface area contributed by atoms with Crippen LogP contribution in [0.4, 0.5) is 5.69 Å². The maximum atomic E-state index is 12.2. The Morgan fingerprint density at radius 1 is 0.839 bits per heavy atom. The molecule has 0 spiro atoms. The summed E-state index contributed by atoms with van der Waals surface area (Å²) >= 11 is 0. The summed E-state index contributed by atoms with van der Waals surface area (Å²) in [5, 5.41) is 9.46. The number of fused-ring (bicyclic) bond motifs is 1. The highest BCUT2D eigenvalue weighted by Gasteiger charge is 2.04. The Kier molecular flexibility index (Phi) is 6.55. The number of anilines is 1. The van der Waals surface area contributed by atoms with Gasteiger partial charge in [0.2, 0.25) is 0 Å². The van der Waals surface area contributed by atoms with Gasteiger partial charge >= 0.3 is 0 Å². The molecule has 5 heteroatoms. The molecule has 0 fully saturated rings. The van der Waals surface area contributed by atoms with Gasteiger partial charge in [0, 0.05) is 16.6 Å². The second-order valence-electron chi connectivity index (χ2n) is 6.99. The van der Waals surface area contributed by atoms with Crippen LogP contribution in [0, 0.1) is 0 Å². The summed E-state index contributed by atoms with van der Waals surface area (Å²) in [5.41, 5.74) is 5.35. The highest BCUT2D eigenvalue weighted by atomic mass is 16.5. The quantitative estimate of drug-likeness (QED) is 0.319. The lowest BCUT2D eigenvalue weighted by atomic mass is 10.1. The van der Waals surface area contributed by atoms with E-state index >= 15 is 0 Å². The van der Waals surface area contributed by atoms with Crippen LogP contribution >= 0.6 is 0 Å². The molecule has 0 aliphatic heterocycles.